The van der Waals surface area contributed by atoms with Gasteiger partial charge in [0.1, 0.15) is 50.4 Å². The van der Waals surface area contributed by atoms with Crippen molar-refractivity contribution in [1.82, 2.24) is 0 Å². The lowest BCUT2D eigenvalue weighted by Gasteiger charge is -2.21. The zero-order valence-corrected chi connectivity index (χ0v) is 21.0. The summed E-state index contributed by atoms with van der Waals surface area (Å²) in [6.07, 6.45) is 0. The Bertz CT molecular complexity index is 2050. The van der Waals surface area contributed by atoms with Crippen LogP contribution < -0.4 is 32.6 Å². The van der Waals surface area contributed by atoms with Crippen LogP contribution in [-0.4, -0.2) is 39.2 Å². The van der Waals surface area contributed by atoms with E-state index in [0.29, 0.717) is 22.1 Å². The molecule has 5 aromatic carbocycles. The van der Waals surface area contributed by atoms with Gasteiger partial charge in [0.25, 0.3) is 0 Å². The third kappa shape index (κ3) is 3.47. The highest BCUT2D eigenvalue weighted by atomic mass is 32.1. The summed E-state index contributed by atoms with van der Waals surface area (Å²) >= 11 is 1.79. The van der Waals surface area contributed by atoms with E-state index in [1.165, 1.54) is 20.2 Å². The van der Waals surface area contributed by atoms with Gasteiger partial charge in [0.15, 0.2) is 0 Å². The maximum atomic E-state index is 6.41. The number of furan rings is 1. The first-order chi connectivity index (χ1) is 18.4. The minimum Gasteiger partial charge on any atom is -0.456 e. The zero-order valence-electron chi connectivity index (χ0n) is 20.2. The molecule has 0 saturated carbocycles. The van der Waals surface area contributed by atoms with E-state index in [9.17, 15) is 0 Å². The molecule has 0 unspecified atom stereocenters. The van der Waals surface area contributed by atoms with Gasteiger partial charge in [-0.2, -0.15) is 0 Å². The maximum Gasteiger partial charge on any atom is 0.136 e. The van der Waals surface area contributed by atoms with Crippen LogP contribution in [0.2, 0.25) is 0 Å². The van der Waals surface area contributed by atoms with Crippen molar-refractivity contribution >= 4 is 131 Å². The molecule has 2 nitrogen and oxygen atoms in total. The minimum absolute atomic E-state index is 0.190. The molecule has 2 heterocycles. The topological polar surface area (TPSA) is 25.2 Å². The third-order valence-electron chi connectivity index (χ3n) is 7.13. The number of anilines is 2. The second kappa shape index (κ2) is 8.64. The molecule has 0 aliphatic carbocycles. The Morgan fingerprint density at radius 1 is 0.553 bits per heavy atom. The molecular formula is C30H14B5NOS. The summed E-state index contributed by atoms with van der Waals surface area (Å²) in [6, 6.07) is 26.7. The van der Waals surface area contributed by atoms with Gasteiger partial charge < -0.3 is 9.73 Å². The molecule has 0 aliphatic heterocycles. The van der Waals surface area contributed by atoms with Gasteiger partial charge in [0.05, 0.1) is 0 Å². The van der Waals surface area contributed by atoms with Crippen LogP contribution in [-0.2, 0) is 0 Å². The first-order valence-corrected chi connectivity index (χ1v) is 12.9. The van der Waals surface area contributed by atoms with Crippen LogP contribution in [0.4, 0.5) is 11.4 Å². The molecule has 7 aromatic rings. The van der Waals surface area contributed by atoms with E-state index >= 15 is 0 Å². The summed E-state index contributed by atoms with van der Waals surface area (Å²) in [5.74, 6) is 0. The average molecular weight is 491 g/mol. The van der Waals surface area contributed by atoms with Gasteiger partial charge in [-0.3, -0.25) is 0 Å². The van der Waals surface area contributed by atoms with Gasteiger partial charge in [0, 0.05) is 42.3 Å². The van der Waals surface area contributed by atoms with Crippen molar-refractivity contribution in [2.75, 3.05) is 5.32 Å². The van der Waals surface area contributed by atoms with E-state index in [4.69, 9.17) is 43.6 Å². The van der Waals surface area contributed by atoms with Crippen LogP contribution in [0.3, 0.4) is 0 Å². The standard InChI is InChI=1S/C30H14B5NOS/c31-26-25(27(32)29(34)30(35)28(26)33)18-5-3-6-21-24(18)19-12-14(9-11-20(19)37-21)36-15-8-10-17-16-4-1-2-7-22(16)38-23(17)13-15/h1-13,36H. The predicted molar refractivity (Wildman–Crippen MR) is 169 cm³/mol. The van der Waals surface area contributed by atoms with Gasteiger partial charge in [0.2, 0.25) is 0 Å². The Morgan fingerprint density at radius 3 is 2.05 bits per heavy atom. The van der Waals surface area contributed by atoms with Crippen molar-refractivity contribution in [3.8, 4) is 11.1 Å². The van der Waals surface area contributed by atoms with Gasteiger partial charge in [-0.25, -0.2) is 0 Å². The van der Waals surface area contributed by atoms with E-state index < -0.39 is 0 Å². The molecule has 0 atom stereocenters. The van der Waals surface area contributed by atoms with E-state index in [1.54, 1.807) is 11.3 Å². The van der Waals surface area contributed by atoms with Gasteiger partial charge in [-0.15, -0.1) is 27.7 Å². The molecule has 7 rings (SSSR count). The summed E-state index contributed by atoms with van der Waals surface area (Å²) < 4.78 is 8.69. The lowest BCUT2D eigenvalue weighted by molar-refractivity contribution is 0.669. The van der Waals surface area contributed by atoms with Crippen LogP contribution in [0, 0.1) is 0 Å². The molecule has 38 heavy (non-hydrogen) atoms. The highest BCUT2D eigenvalue weighted by Crippen LogP contribution is 2.38. The smallest absolute Gasteiger partial charge is 0.136 e. The number of nitrogens with one attached hydrogen (secondary N) is 1. The summed E-state index contributed by atoms with van der Waals surface area (Å²) in [4.78, 5) is 0. The Balaban J connectivity index is 1.38. The number of hydrogen-bond donors (Lipinski definition) is 1. The summed E-state index contributed by atoms with van der Waals surface area (Å²) in [5.41, 5.74) is 5.91. The molecule has 8 heteroatoms. The fourth-order valence-electron chi connectivity index (χ4n) is 5.22. The van der Waals surface area contributed by atoms with Gasteiger partial charge in [-0.05, 0) is 53.6 Å². The molecule has 0 aliphatic rings. The highest BCUT2D eigenvalue weighted by Gasteiger charge is 2.18. The summed E-state index contributed by atoms with van der Waals surface area (Å²) in [6.45, 7) is 0. The van der Waals surface area contributed by atoms with Crippen LogP contribution in [0.25, 0.3) is 53.2 Å². The average Bonchev–Trinajstić information content (AvgIpc) is 3.49. The number of thiophene rings is 1. The Kier molecular flexibility index (Phi) is 5.31. The fraction of sp³-hybridized carbons (Fsp3) is 0. The van der Waals surface area contributed by atoms with Gasteiger partial charge >= 0.3 is 0 Å². The molecule has 0 amide bonds. The predicted octanol–water partition coefficient (Wildman–Crippen LogP) is 3.33. The SMILES string of the molecule is [B]c1c([B])c([B])c(-c2cccc3oc4ccc(Nc5ccc6c(c5)sc5ccccc56)cc4c23)c([B])c1[B]. The fourth-order valence-corrected chi connectivity index (χ4v) is 6.37. The van der Waals surface area contributed by atoms with Crippen molar-refractivity contribution < 1.29 is 4.42 Å². The second-order valence-electron chi connectivity index (χ2n) is 9.37. The normalized spacial score (nSPS) is 11.7. The monoisotopic (exact) mass is 491 g/mol. The number of benzene rings is 5. The largest absolute Gasteiger partial charge is 0.456 e. The highest BCUT2D eigenvalue weighted by molar-refractivity contribution is 7.25. The quantitative estimate of drug-likeness (QED) is 0.385. The van der Waals surface area contributed by atoms with E-state index in [2.05, 4.69) is 53.8 Å². The van der Waals surface area contributed by atoms with Crippen molar-refractivity contribution in [2.24, 2.45) is 0 Å². The molecule has 10 radical (unpaired) electrons. The molecule has 0 spiro atoms. The maximum absolute atomic E-state index is 6.41. The zero-order chi connectivity index (χ0) is 26.1. The Labute approximate surface area is 230 Å². The van der Waals surface area contributed by atoms with Crippen molar-refractivity contribution in [1.29, 1.82) is 0 Å². The molecule has 0 bridgehead atoms. The van der Waals surface area contributed by atoms with Crippen LogP contribution in [0.5, 0.6) is 0 Å². The number of hydrogen-bond acceptors (Lipinski definition) is 3. The van der Waals surface area contributed by atoms with Crippen molar-refractivity contribution in [3.05, 3.63) is 78.9 Å². The van der Waals surface area contributed by atoms with Crippen molar-refractivity contribution in [2.45, 2.75) is 0 Å². The van der Waals surface area contributed by atoms with Crippen LogP contribution in [0.1, 0.15) is 0 Å². The first-order valence-electron chi connectivity index (χ1n) is 12.1. The van der Waals surface area contributed by atoms with E-state index in [0.717, 1.165) is 33.3 Å². The number of fused-ring (bicyclic) bond motifs is 6. The summed E-state index contributed by atoms with van der Waals surface area (Å²) in [5, 5.41) is 7.87. The minimum atomic E-state index is 0.190. The molecular weight excluding hydrogens is 476 g/mol. The van der Waals surface area contributed by atoms with E-state index in [-0.39, 0.29) is 16.4 Å². The molecule has 1 N–H and O–H groups in total. The second-order valence-corrected chi connectivity index (χ2v) is 10.5. The van der Waals surface area contributed by atoms with Crippen LogP contribution in [0.15, 0.2) is 83.3 Å². The van der Waals surface area contributed by atoms with Crippen LogP contribution >= 0.6 is 11.3 Å². The Morgan fingerprint density at radius 2 is 1.24 bits per heavy atom. The van der Waals surface area contributed by atoms with E-state index in [1.807, 2.05) is 30.3 Å². The first kappa shape index (κ1) is 23.4. The molecule has 0 fully saturated rings. The molecule has 166 valence electrons. The third-order valence-corrected chi connectivity index (χ3v) is 8.26. The number of rotatable bonds is 3. The molecule has 0 saturated heterocycles. The van der Waals surface area contributed by atoms with Gasteiger partial charge in [-0.1, -0.05) is 47.3 Å². The lowest BCUT2D eigenvalue weighted by atomic mass is 9.59. The Hall–Kier alpha value is -3.76. The molecule has 2 aromatic heterocycles. The van der Waals surface area contributed by atoms with Crippen molar-refractivity contribution in [3.63, 3.8) is 0 Å². The lowest BCUT2D eigenvalue weighted by Crippen LogP contribution is -2.55. The summed E-state index contributed by atoms with van der Waals surface area (Å²) in [7, 11) is 31.2.